The number of carbonyl (C=O) groups excluding carboxylic acids is 2. The van der Waals surface area contributed by atoms with E-state index in [2.05, 4.69) is 5.32 Å². The molecular formula is C18H14F4N2O2. The lowest BCUT2D eigenvalue weighted by Crippen LogP contribution is -2.33. The summed E-state index contributed by atoms with van der Waals surface area (Å²) in [4.78, 5) is 26.1. The lowest BCUT2D eigenvalue weighted by molar-refractivity contribution is -0.137. The fraction of sp³-hybridized carbons (Fsp3) is 0.222. The smallest absolute Gasteiger partial charge is 0.325 e. The van der Waals surface area contributed by atoms with Crippen LogP contribution in [0.4, 0.5) is 28.9 Å². The van der Waals surface area contributed by atoms with Crippen molar-refractivity contribution in [2.75, 3.05) is 16.8 Å². The van der Waals surface area contributed by atoms with Crippen LogP contribution in [0.15, 0.2) is 48.5 Å². The summed E-state index contributed by atoms with van der Waals surface area (Å²) >= 11 is 0. The second-order valence-corrected chi connectivity index (χ2v) is 5.88. The van der Waals surface area contributed by atoms with E-state index in [1.807, 2.05) is 0 Å². The lowest BCUT2D eigenvalue weighted by Gasteiger charge is -2.17. The third-order valence-electron chi connectivity index (χ3n) is 4.12. The Labute approximate surface area is 146 Å². The van der Waals surface area contributed by atoms with Gasteiger partial charge in [-0.3, -0.25) is 9.59 Å². The van der Waals surface area contributed by atoms with Gasteiger partial charge in [-0.2, -0.15) is 13.2 Å². The van der Waals surface area contributed by atoms with Crippen LogP contribution < -0.4 is 10.2 Å². The predicted octanol–water partition coefficient (Wildman–Crippen LogP) is 3.84. The summed E-state index contributed by atoms with van der Waals surface area (Å²) in [5.41, 5.74) is -0.454. The van der Waals surface area contributed by atoms with Crippen LogP contribution in [-0.4, -0.2) is 18.4 Å². The van der Waals surface area contributed by atoms with Gasteiger partial charge in [-0.1, -0.05) is 6.07 Å². The summed E-state index contributed by atoms with van der Waals surface area (Å²) in [5, 5.41) is 2.36. The summed E-state index contributed by atoms with van der Waals surface area (Å²) in [6, 6.07) is 9.49. The van der Waals surface area contributed by atoms with Crippen LogP contribution in [0, 0.1) is 11.7 Å². The van der Waals surface area contributed by atoms with Gasteiger partial charge in [-0.25, -0.2) is 4.39 Å². The molecule has 0 saturated carbocycles. The normalized spacial score (nSPS) is 17.5. The molecule has 0 aromatic heterocycles. The highest BCUT2D eigenvalue weighted by Gasteiger charge is 2.38. The highest BCUT2D eigenvalue weighted by molar-refractivity contribution is 6.13. The average molecular weight is 366 g/mol. The van der Waals surface area contributed by atoms with Gasteiger partial charge in [-0.05, 0) is 48.9 Å². The number of hydrogen-bond donors (Lipinski definition) is 1. The first-order chi connectivity index (χ1) is 12.3. The van der Waals surface area contributed by atoms with Crippen molar-refractivity contribution in [3.05, 3.63) is 59.9 Å². The zero-order chi connectivity index (χ0) is 18.9. The molecule has 0 unspecified atom stereocenters. The van der Waals surface area contributed by atoms with E-state index >= 15 is 0 Å². The van der Waals surface area contributed by atoms with Crippen molar-refractivity contribution in [3.63, 3.8) is 0 Å². The molecule has 8 heteroatoms. The fourth-order valence-corrected chi connectivity index (χ4v) is 2.80. The molecular weight excluding hydrogens is 352 g/mol. The Bertz CT molecular complexity index is 834. The Morgan fingerprint density at radius 2 is 1.81 bits per heavy atom. The molecule has 4 nitrogen and oxygen atoms in total. The predicted molar refractivity (Wildman–Crippen MR) is 86.9 cm³/mol. The molecule has 3 rings (SSSR count). The minimum atomic E-state index is -4.52. The molecule has 26 heavy (non-hydrogen) atoms. The summed E-state index contributed by atoms with van der Waals surface area (Å²) in [5.74, 6) is -2.59. The molecule has 2 aromatic rings. The maximum Gasteiger partial charge on any atom is 0.416 e. The topological polar surface area (TPSA) is 49.4 Å². The number of benzene rings is 2. The number of hydrogen-bond acceptors (Lipinski definition) is 2. The molecule has 1 aliphatic rings. The zero-order valence-corrected chi connectivity index (χ0v) is 13.4. The number of nitrogens with zero attached hydrogens (tertiary/aromatic N) is 1. The van der Waals surface area contributed by atoms with Gasteiger partial charge < -0.3 is 10.2 Å². The van der Waals surface area contributed by atoms with Crippen LogP contribution in [0.3, 0.4) is 0 Å². The van der Waals surface area contributed by atoms with Gasteiger partial charge in [0.1, 0.15) is 11.7 Å². The van der Waals surface area contributed by atoms with E-state index < -0.39 is 35.3 Å². The Kier molecular flexibility index (Phi) is 4.67. The van der Waals surface area contributed by atoms with Crippen molar-refractivity contribution in [1.29, 1.82) is 0 Å². The first-order valence-corrected chi connectivity index (χ1v) is 7.81. The maximum absolute atomic E-state index is 13.0. The summed E-state index contributed by atoms with van der Waals surface area (Å²) < 4.78 is 51.2. The Hall–Kier alpha value is -2.90. The highest BCUT2D eigenvalue weighted by Crippen LogP contribution is 2.31. The number of rotatable bonds is 3. The van der Waals surface area contributed by atoms with Crippen molar-refractivity contribution in [1.82, 2.24) is 0 Å². The third kappa shape index (κ3) is 3.68. The van der Waals surface area contributed by atoms with Gasteiger partial charge in [0.05, 0.1) is 5.56 Å². The molecule has 1 heterocycles. The molecule has 0 bridgehead atoms. The van der Waals surface area contributed by atoms with E-state index in [0.29, 0.717) is 5.69 Å². The van der Waals surface area contributed by atoms with Gasteiger partial charge in [0.25, 0.3) is 0 Å². The summed E-state index contributed by atoms with van der Waals surface area (Å²) in [6.07, 6.45) is -4.30. The fourth-order valence-electron chi connectivity index (χ4n) is 2.80. The third-order valence-corrected chi connectivity index (χ3v) is 4.12. The molecule has 0 radical (unpaired) electrons. The molecule has 136 valence electrons. The molecule has 1 fully saturated rings. The van der Waals surface area contributed by atoms with E-state index in [1.165, 1.54) is 41.3 Å². The monoisotopic (exact) mass is 366 g/mol. The second-order valence-electron chi connectivity index (χ2n) is 5.88. The number of nitrogens with one attached hydrogen (secondary N) is 1. The minimum Gasteiger partial charge on any atom is -0.325 e. The first kappa shape index (κ1) is 17.9. The van der Waals surface area contributed by atoms with Gasteiger partial charge in [-0.15, -0.1) is 0 Å². The van der Waals surface area contributed by atoms with E-state index in [-0.39, 0.29) is 18.7 Å². The van der Waals surface area contributed by atoms with E-state index in [4.69, 9.17) is 0 Å². The summed E-state index contributed by atoms with van der Waals surface area (Å²) in [6.45, 7) is 0.269. The molecule has 2 aromatic carbocycles. The van der Waals surface area contributed by atoms with Crippen molar-refractivity contribution in [2.45, 2.75) is 12.6 Å². The molecule has 1 atom stereocenters. The Balaban J connectivity index is 1.71. The van der Waals surface area contributed by atoms with Gasteiger partial charge >= 0.3 is 6.18 Å². The van der Waals surface area contributed by atoms with Gasteiger partial charge in [0.15, 0.2) is 0 Å². The number of alkyl halides is 3. The van der Waals surface area contributed by atoms with Crippen LogP contribution in [0.25, 0.3) is 0 Å². The van der Waals surface area contributed by atoms with Crippen LogP contribution in [0.2, 0.25) is 0 Å². The lowest BCUT2D eigenvalue weighted by atomic mass is 10.1. The van der Waals surface area contributed by atoms with Crippen LogP contribution in [0.1, 0.15) is 12.0 Å². The summed E-state index contributed by atoms with van der Waals surface area (Å²) in [7, 11) is 0. The van der Waals surface area contributed by atoms with Crippen molar-refractivity contribution < 1.29 is 27.2 Å². The highest BCUT2D eigenvalue weighted by atomic mass is 19.4. The SMILES string of the molecule is O=C(Nc1cccc(C(F)(F)F)c1)[C@@H]1CCN(c2ccc(F)cc2)C1=O. The Morgan fingerprint density at radius 3 is 2.46 bits per heavy atom. The van der Waals surface area contributed by atoms with E-state index in [0.717, 1.165) is 12.1 Å². The van der Waals surface area contributed by atoms with Crippen molar-refractivity contribution >= 4 is 23.2 Å². The molecule has 2 amide bonds. The number of carbonyl (C=O) groups is 2. The molecule has 0 spiro atoms. The average Bonchev–Trinajstić information content (AvgIpc) is 2.97. The van der Waals surface area contributed by atoms with Crippen LogP contribution in [0.5, 0.6) is 0 Å². The maximum atomic E-state index is 13.0. The molecule has 0 aliphatic carbocycles. The van der Waals surface area contributed by atoms with E-state index in [1.54, 1.807) is 0 Å². The van der Waals surface area contributed by atoms with Crippen LogP contribution >= 0.6 is 0 Å². The Morgan fingerprint density at radius 1 is 1.12 bits per heavy atom. The first-order valence-electron chi connectivity index (χ1n) is 7.81. The molecule has 1 N–H and O–H groups in total. The van der Waals surface area contributed by atoms with Gasteiger partial charge in [0, 0.05) is 17.9 Å². The number of halogens is 4. The minimum absolute atomic E-state index is 0.0298. The number of amides is 2. The second kappa shape index (κ2) is 6.78. The largest absolute Gasteiger partial charge is 0.416 e. The van der Waals surface area contributed by atoms with Crippen LogP contribution in [-0.2, 0) is 15.8 Å². The van der Waals surface area contributed by atoms with Crippen molar-refractivity contribution in [2.24, 2.45) is 5.92 Å². The molecule has 1 saturated heterocycles. The van der Waals surface area contributed by atoms with E-state index in [9.17, 15) is 27.2 Å². The molecule has 1 aliphatic heterocycles. The standard InChI is InChI=1S/C18H14F4N2O2/c19-12-4-6-14(7-5-12)24-9-8-15(17(24)26)16(25)23-13-3-1-2-11(10-13)18(20,21)22/h1-7,10,15H,8-9H2,(H,23,25)/t15-/m0/s1. The zero-order valence-electron chi connectivity index (χ0n) is 13.4. The quantitative estimate of drug-likeness (QED) is 0.663. The number of anilines is 2. The van der Waals surface area contributed by atoms with Gasteiger partial charge in [0.2, 0.25) is 11.8 Å². The van der Waals surface area contributed by atoms with Crippen molar-refractivity contribution in [3.8, 4) is 0 Å².